The van der Waals surface area contributed by atoms with Crippen LogP contribution in [-0.2, 0) is 9.53 Å². The van der Waals surface area contributed by atoms with Gasteiger partial charge in [0.1, 0.15) is 0 Å². The number of ketones is 1. The summed E-state index contributed by atoms with van der Waals surface area (Å²) >= 11 is 1.32. The van der Waals surface area contributed by atoms with Gasteiger partial charge in [-0.2, -0.15) is 0 Å². The molecule has 1 N–H and O–H groups in total. The molecule has 1 aromatic heterocycles. The molecule has 4 rings (SSSR count). The van der Waals surface area contributed by atoms with Crippen LogP contribution in [0.3, 0.4) is 0 Å². The van der Waals surface area contributed by atoms with E-state index >= 15 is 0 Å². The molecule has 0 saturated carbocycles. The Morgan fingerprint density at radius 2 is 1.87 bits per heavy atom. The van der Waals surface area contributed by atoms with Crippen molar-refractivity contribution in [1.82, 2.24) is 9.80 Å². The third-order valence-corrected chi connectivity index (χ3v) is 6.84. The van der Waals surface area contributed by atoms with Crippen molar-refractivity contribution in [3.63, 3.8) is 0 Å². The zero-order chi connectivity index (χ0) is 22.0. The fraction of sp³-hybridized carbons (Fsp3) is 0.417. The SMILES string of the molecule is CC(C)c1ccc([C@H]2C(C(=O)c3cccs3)=C(O)C(=O)N2CCN2CCOCC2)cc1. The minimum Gasteiger partial charge on any atom is -0.503 e. The fourth-order valence-electron chi connectivity index (χ4n) is 4.14. The summed E-state index contributed by atoms with van der Waals surface area (Å²) in [6, 6.07) is 10.9. The number of amides is 1. The zero-order valence-electron chi connectivity index (χ0n) is 17.9. The molecule has 3 heterocycles. The summed E-state index contributed by atoms with van der Waals surface area (Å²) in [5, 5.41) is 12.6. The molecule has 1 atom stereocenters. The van der Waals surface area contributed by atoms with Gasteiger partial charge < -0.3 is 14.7 Å². The van der Waals surface area contributed by atoms with Gasteiger partial charge in [0.2, 0.25) is 5.78 Å². The van der Waals surface area contributed by atoms with Crippen molar-refractivity contribution in [3.8, 4) is 0 Å². The average Bonchev–Trinajstić information content (AvgIpc) is 3.41. The number of carbonyl (C=O) groups excluding carboxylic acids is 2. The first-order valence-electron chi connectivity index (χ1n) is 10.7. The number of carbonyl (C=O) groups is 2. The van der Waals surface area contributed by atoms with Crippen molar-refractivity contribution >= 4 is 23.0 Å². The Balaban J connectivity index is 1.66. The molecule has 6 nitrogen and oxygen atoms in total. The van der Waals surface area contributed by atoms with Gasteiger partial charge >= 0.3 is 0 Å². The second-order valence-corrected chi connectivity index (χ2v) is 9.19. The molecular formula is C24H28N2O4S. The smallest absolute Gasteiger partial charge is 0.290 e. The minimum absolute atomic E-state index is 0.173. The predicted octanol–water partition coefficient (Wildman–Crippen LogP) is 3.78. The monoisotopic (exact) mass is 440 g/mol. The Morgan fingerprint density at radius 3 is 2.48 bits per heavy atom. The van der Waals surface area contributed by atoms with Crippen molar-refractivity contribution < 1.29 is 19.4 Å². The number of hydrogen-bond donors (Lipinski definition) is 1. The highest BCUT2D eigenvalue weighted by Gasteiger charge is 2.43. The van der Waals surface area contributed by atoms with Gasteiger partial charge in [-0.05, 0) is 28.5 Å². The quantitative estimate of drug-likeness (QED) is 0.664. The third-order valence-electron chi connectivity index (χ3n) is 5.97. The molecule has 1 aromatic carbocycles. The summed E-state index contributed by atoms with van der Waals surface area (Å²) < 4.78 is 5.41. The van der Waals surface area contributed by atoms with Gasteiger partial charge in [0.25, 0.3) is 5.91 Å². The molecule has 31 heavy (non-hydrogen) atoms. The topological polar surface area (TPSA) is 70.1 Å². The lowest BCUT2D eigenvalue weighted by atomic mass is 9.93. The molecule has 0 radical (unpaired) electrons. The molecular weight excluding hydrogens is 412 g/mol. The van der Waals surface area contributed by atoms with Gasteiger partial charge in [0.05, 0.1) is 29.7 Å². The van der Waals surface area contributed by atoms with Crippen LogP contribution in [0.4, 0.5) is 0 Å². The third kappa shape index (κ3) is 4.44. The van der Waals surface area contributed by atoms with E-state index in [1.165, 1.54) is 16.9 Å². The van der Waals surface area contributed by atoms with E-state index in [1.54, 1.807) is 17.0 Å². The first-order chi connectivity index (χ1) is 15.0. The molecule has 0 unspecified atom stereocenters. The Labute approximate surface area is 186 Å². The second kappa shape index (κ2) is 9.34. The van der Waals surface area contributed by atoms with Crippen LogP contribution in [0, 0.1) is 0 Å². The molecule has 2 aliphatic heterocycles. The van der Waals surface area contributed by atoms with E-state index in [2.05, 4.69) is 18.7 Å². The van der Waals surface area contributed by atoms with Gasteiger partial charge in [-0.25, -0.2) is 0 Å². The molecule has 0 aliphatic carbocycles. The van der Waals surface area contributed by atoms with Crippen LogP contribution in [0.25, 0.3) is 0 Å². The van der Waals surface area contributed by atoms with E-state index in [0.717, 1.165) is 18.7 Å². The molecule has 164 valence electrons. The van der Waals surface area contributed by atoms with E-state index < -0.39 is 17.7 Å². The standard InChI is InChI=1S/C24H28N2O4S/c1-16(2)17-5-7-18(8-6-17)21-20(22(27)19-4-3-15-31-19)23(28)24(29)26(21)10-9-25-11-13-30-14-12-25/h3-8,15-16,21,28H,9-14H2,1-2H3/t21-/m0/s1. The van der Waals surface area contributed by atoms with Crippen LogP contribution < -0.4 is 0 Å². The van der Waals surface area contributed by atoms with Crippen LogP contribution in [0.15, 0.2) is 53.1 Å². The minimum atomic E-state index is -0.593. The van der Waals surface area contributed by atoms with Crippen molar-refractivity contribution in [2.24, 2.45) is 0 Å². The summed E-state index contributed by atoms with van der Waals surface area (Å²) in [6.45, 7) is 8.34. The Bertz CT molecular complexity index is 960. The first-order valence-corrected chi connectivity index (χ1v) is 11.6. The van der Waals surface area contributed by atoms with Gasteiger partial charge in [-0.15, -0.1) is 11.3 Å². The highest BCUT2D eigenvalue weighted by atomic mass is 32.1. The highest BCUT2D eigenvalue weighted by Crippen LogP contribution is 2.39. The molecule has 2 aliphatic rings. The van der Waals surface area contributed by atoms with Gasteiger partial charge in [-0.1, -0.05) is 44.2 Å². The van der Waals surface area contributed by atoms with Crippen LogP contribution in [0.1, 0.15) is 46.6 Å². The zero-order valence-corrected chi connectivity index (χ0v) is 18.7. The number of nitrogens with zero attached hydrogens (tertiary/aromatic N) is 2. The largest absolute Gasteiger partial charge is 0.503 e. The van der Waals surface area contributed by atoms with E-state index in [1.807, 2.05) is 29.6 Å². The lowest BCUT2D eigenvalue weighted by Gasteiger charge is -2.31. The van der Waals surface area contributed by atoms with Crippen LogP contribution in [0.2, 0.25) is 0 Å². The molecule has 1 amide bonds. The normalized spacial score (nSPS) is 20.2. The molecule has 0 bridgehead atoms. The van der Waals surface area contributed by atoms with E-state index in [9.17, 15) is 14.7 Å². The molecule has 2 aromatic rings. The molecule has 1 saturated heterocycles. The molecule has 1 fully saturated rings. The van der Waals surface area contributed by atoms with Crippen molar-refractivity contribution in [2.45, 2.75) is 25.8 Å². The number of aliphatic hydroxyl groups is 1. The van der Waals surface area contributed by atoms with Crippen LogP contribution in [-0.4, -0.2) is 66.0 Å². The predicted molar refractivity (Wildman–Crippen MR) is 121 cm³/mol. The summed E-state index contributed by atoms with van der Waals surface area (Å²) in [6.07, 6.45) is 0. The number of morpholine rings is 1. The van der Waals surface area contributed by atoms with E-state index in [4.69, 9.17) is 4.74 Å². The van der Waals surface area contributed by atoms with Gasteiger partial charge in [-0.3, -0.25) is 14.5 Å². The fourth-order valence-corrected chi connectivity index (χ4v) is 4.82. The maximum atomic E-state index is 13.3. The summed E-state index contributed by atoms with van der Waals surface area (Å²) in [7, 11) is 0. The maximum Gasteiger partial charge on any atom is 0.290 e. The van der Waals surface area contributed by atoms with Crippen molar-refractivity contribution in [3.05, 3.63) is 69.1 Å². The second-order valence-electron chi connectivity index (χ2n) is 8.25. The number of thiophene rings is 1. The van der Waals surface area contributed by atoms with Gasteiger partial charge in [0, 0.05) is 26.2 Å². The lowest BCUT2D eigenvalue weighted by Crippen LogP contribution is -2.43. The summed E-state index contributed by atoms with van der Waals surface area (Å²) in [5.41, 5.74) is 2.20. The van der Waals surface area contributed by atoms with Gasteiger partial charge in [0.15, 0.2) is 5.76 Å². The first kappa shape index (κ1) is 21.7. The molecule has 7 heteroatoms. The number of hydrogen-bond acceptors (Lipinski definition) is 6. The van der Waals surface area contributed by atoms with Crippen molar-refractivity contribution in [2.75, 3.05) is 39.4 Å². The average molecular weight is 441 g/mol. The Kier molecular flexibility index (Phi) is 6.55. The number of Topliss-reactive ketones (excluding diaryl/α,β-unsaturated/α-hetero) is 1. The summed E-state index contributed by atoms with van der Waals surface area (Å²) in [4.78, 5) is 30.7. The van der Waals surface area contributed by atoms with E-state index in [0.29, 0.717) is 37.1 Å². The molecule has 0 spiro atoms. The van der Waals surface area contributed by atoms with Crippen LogP contribution in [0.5, 0.6) is 0 Å². The van der Waals surface area contributed by atoms with Crippen LogP contribution >= 0.6 is 11.3 Å². The number of rotatable bonds is 7. The maximum absolute atomic E-state index is 13.3. The number of benzene rings is 1. The summed E-state index contributed by atoms with van der Waals surface area (Å²) in [5.74, 6) is -0.815. The highest BCUT2D eigenvalue weighted by molar-refractivity contribution is 7.12. The number of ether oxygens (including phenoxy) is 1. The Morgan fingerprint density at radius 1 is 1.16 bits per heavy atom. The Hall–Kier alpha value is -2.48. The number of aliphatic hydroxyl groups excluding tert-OH is 1. The van der Waals surface area contributed by atoms with E-state index in [-0.39, 0.29) is 11.4 Å². The van der Waals surface area contributed by atoms with Crippen molar-refractivity contribution in [1.29, 1.82) is 0 Å². The lowest BCUT2D eigenvalue weighted by molar-refractivity contribution is -0.129.